The van der Waals surface area contributed by atoms with Crippen molar-refractivity contribution in [2.24, 2.45) is 5.92 Å². The highest BCUT2D eigenvalue weighted by molar-refractivity contribution is 5.32. The second kappa shape index (κ2) is 7.29. The zero-order chi connectivity index (χ0) is 17.9. The largest absolute Gasteiger partial charge is 0.489 e. The number of nitrogens with zero attached hydrogens (tertiary/aromatic N) is 2. The van der Waals surface area contributed by atoms with Gasteiger partial charge in [0, 0.05) is 24.5 Å². The molecule has 0 amide bonds. The monoisotopic (exact) mass is 334 g/mol. The number of rotatable bonds is 4. The van der Waals surface area contributed by atoms with Crippen molar-refractivity contribution in [1.82, 2.24) is 4.90 Å². The van der Waals surface area contributed by atoms with Crippen molar-refractivity contribution in [3.63, 3.8) is 0 Å². The minimum atomic E-state index is 0.0512. The molecule has 0 spiro atoms. The molecule has 0 bridgehead atoms. The summed E-state index contributed by atoms with van der Waals surface area (Å²) in [7, 11) is 0. The Morgan fingerprint density at radius 3 is 2.32 bits per heavy atom. The fourth-order valence-electron chi connectivity index (χ4n) is 3.37. The third-order valence-electron chi connectivity index (χ3n) is 4.99. The first-order valence-corrected chi connectivity index (χ1v) is 8.89. The zero-order valence-corrected chi connectivity index (χ0v) is 15.3. The molecule has 1 saturated heterocycles. The predicted molar refractivity (Wildman–Crippen MR) is 100 cm³/mol. The lowest BCUT2D eigenvalue weighted by Gasteiger charge is -2.31. The molecule has 0 N–H and O–H groups in total. The van der Waals surface area contributed by atoms with Crippen LogP contribution in [0.3, 0.4) is 0 Å². The summed E-state index contributed by atoms with van der Waals surface area (Å²) in [4.78, 5) is 2.41. The van der Waals surface area contributed by atoms with Gasteiger partial charge in [0.25, 0.3) is 0 Å². The van der Waals surface area contributed by atoms with E-state index in [1.54, 1.807) is 0 Å². The molecule has 0 aromatic heterocycles. The summed E-state index contributed by atoms with van der Waals surface area (Å²) in [6.07, 6.45) is 0. The Morgan fingerprint density at radius 1 is 1.04 bits per heavy atom. The Bertz CT molecular complexity index is 725. The van der Waals surface area contributed by atoms with E-state index >= 15 is 0 Å². The molecule has 0 saturated carbocycles. The van der Waals surface area contributed by atoms with Gasteiger partial charge < -0.3 is 4.74 Å². The molecule has 130 valence electrons. The van der Waals surface area contributed by atoms with E-state index in [4.69, 9.17) is 4.74 Å². The smallest absolute Gasteiger partial charge is 0.119 e. The lowest BCUT2D eigenvalue weighted by atomic mass is 9.90. The maximum Gasteiger partial charge on any atom is 0.119 e. The summed E-state index contributed by atoms with van der Waals surface area (Å²) >= 11 is 0. The summed E-state index contributed by atoms with van der Waals surface area (Å²) in [5.74, 6) is 1.19. The molecule has 0 radical (unpaired) electrons. The van der Waals surface area contributed by atoms with E-state index in [0.717, 1.165) is 24.4 Å². The van der Waals surface area contributed by atoms with Crippen molar-refractivity contribution >= 4 is 0 Å². The standard InChI is InChI=1S/C22H26N2O/c1-22(2,3)24-14-19(13-23)21(15-24)18-9-11-20(12-10-18)25-16-17-7-5-4-6-8-17/h4-12,19,21H,14-16H2,1-3H3/t19-,21+/m1/s1. The molecule has 1 fully saturated rings. The van der Waals surface area contributed by atoms with Crippen LogP contribution in [0.1, 0.15) is 37.8 Å². The van der Waals surface area contributed by atoms with Gasteiger partial charge in [-0.15, -0.1) is 0 Å². The van der Waals surface area contributed by atoms with E-state index < -0.39 is 0 Å². The molecule has 0 unspecified atom stereocenters. The van der Waals surface area contributed by atoms with Gasteiger partial charge in [0.15, 0.2) is 0 Å². The molecule has 1 aliphatic heterocycles. The minimum absolute atomic E-state index is 0.0512. The number of nitriles is 1. The Hall–Kier alpha value is -2.31. The molecule has 3 rings (SSSR count). The van der Waals surface area contributed by atoms with Gasteiger partial charge in [0.2, 0.25) is 0 Å². The molecule has 1 aliphatic rings. The van der Waals surface area contributed by atoms with E-state index in [2.05, 4.69) is 56.0 Å². The normalized spacial score (nSPS) is 21.0. The predicted octanol–water partition coefficient (Wildman–Crippen LogP) is 4.60. The van der Waals surface area contributed by atoms with Crippen molar-refractivity contribution in [2.45, 2.75) is 38.8 Å². The highest BCUT2D eigenvalue weighted by atomic mass is 16.5. The molecular weight excluding hydrogens is 308 g/mol. The maximum atomic E-state index is 9.54. The van der Waals surface area contributed by atoms with Crippen LogP contribution in [-0.4, -0.2) is 23.5 Å². The first-order valence-electron chi connectivity index (χ1n) is 8.89. The summed E-state index contributed by atoms with van der Waals surface area (Å²) in [6.45, 7) is 8.99. The molecule has 3 nitrogen and oxygen atoms in total. The Morgan fingerprint density at radius 2 is 1.72 bits per heavy atom. The summed E-state index contributed by atoms with van der Waals surface area (Å²) in [6, 6.07) is 20.9. The number of likely N-dealkylation sites (tertiary alicyclic amines) is 1. The highest BCUT2D eigenvalue weighted by Gasteiger charge is 2.38. The molecule has 2 atom stereocenters. The average molecular weight is 334 g/mol. The van der Waals surface area contributed by atoms with Crippen LogP contribution >= 0.6 is 0 Å². The zero-order valence-electron chi connectivity index (χ0n) is 15.3. The van der Waals surface area contributed by atoms with Crippen molar-refractivity contribution in [1.29, 1.82) is 5.26 Å². The first-order chi connectivity index (χ1) is 12.0. The summed E-state index contributed by atoms with van der Waals surface area (Å²) in [5.41, 5.74) is 2.49. The van der Waals surface area contributed by atoms with Crippen LogP contribution < -0.4 is 4.74 Å². The van der Waals surface area contributed by atoms with Crippen molar-refractivity contribution in [3.8, 4) is 11.8 Å². The van der Waals surface area contributed by atoms with Crippen molar-refractivity contribution in [3.05, 3.63) is 65.7 Å². The van der Waals surface area contributed by atoms with E-state index in [9.17, 15) is 5.26 Å². The molecule has 2 aromatic carbocycles. The third kappa shape index (κ3) is 4.21. The maximum absolute atomic E-state index is 9.54. The van der Waals surface area contributed by atoms with E-state index in [-0.39, 0.29) is 17.4 Å². The van der Waals surface area contributed by atoms with Gasteiger partial charge in [-0.1, -0.05) is 42.5 Å². The molecule has 0 aliphatic carbocycles. The van der Waals surface area contributed by atoms with Gasteiger partial charge in [0.05, 0.1) is 12.0 Å². The molecule has 25 heavy (non-hydrogen) atoms. The fourth-order valence-corrected chi connectivity index (χ4v) is 3.37. The summed E-state index contributed by atoms with van der Waals surface area (Å²) < 4.78 is 5.86. The summed E-state index contributed by atoms with van der Waals surface area (Å²) in [5, 5.41) is 9.54. The Kier molecular flexibility index (Phi) is 5.11. The third-order valence-corrected chi connectivity index (χ3v) is 4.99. The lowest BCUT2D eigenvalue weighted by molar-refractivity contribution is 0.170. The first kappa shape index (κ1) is 17.5. The molecule has 3 heteroatoms. The number of benzene rings is 2. The number of hydrogen-bond acceptors (Lipinski definition) is 3. The Balaban J connectivity index is 1.66. The van der Waals surface area contributed by atoms with Crippen LogP contribution in [0.5, 0.6) is 5.75 Å². The van der Waals surface area contributed by atoms with Crippen molar-refractivity contribution in [2.75, 3.05) is 13.1 Å². The quantitative estimate of drug-likeness (QED) is 0.819. The van der Waals surface area contributed by atoms with Crippen LogP contribution in [0, 0.1) is 17.2 Å². The number of hydrogen-bond donors (Lipinski definition) is 0. The van der Waals surface area contributed by atoms with Crippen LogP contribution in [0.2, 0.25) is 0 Å². The molecule has 2 aromatic rings. The lowest BCUT2D eigenvalue weighted by Crippen LogP contribution is -2.39. The van der Waals surface area contributed by atoms with Gasteiger partial charge in [-0.25, -0.2) is 0 Å². The van der Waals surface area contributed by atoms with Gasteiger partial charge in [0.1, 0.15) is 12.4 Å². The highest BCUT2D eigenvalue weighted by Crippen LogP contribution is 2.36. The minimum Gasteiger partial charge on any atom is -0.489 e. The van der Waals surface area contributed by atoms with Gasteiger partial charge >= 0.3 is 0 Å². The second-order valence-electron chi connectivity index (χ2n) is 7.76. The van der Waals surface area contributed by atoms with Gasteiger partial charge in [-0.3, -0.25) is 4.90 Å². The van der Waals surface area contributed by atoms with Crippen LogP contribution in [0.15, 0.2) is 54.6 Å². The van der Waals surface area contributed by atoms with Crippen molar-refractivity contribution < 1.29 is 4.74 Å². The van der Waals surface area contributed by atoms with Gasteiger partial charge in [-0.05, 0) is 44.0 Å². The van der Waals surface area contributed by atoms with E-state index in [1.165, 1.54) is 5.56 Å². The Labute approximate surface area is 150 Å². The van der Waals surface area contributed by atoms with Crippen LogP contribution in [0.4, 0.5) is 0 Å². The van der Waals surface area contributed by atoms with E-state index in [1.807, 2.05) is 30.3 Å². The molecule has 1 heterocycles. The fraction of sp³-hybridized carbons (Fsp3) is 0.409. The van der Waals surface area contributed by atoms with Gasteiger partial charge in [-0.2, -0.15) is 5.26 Å². The topological polar surface area (TPSA) is 36.3 Å². The van der Waals surface area contributed by atoms with Crippen LogP contribution in [-0.2, 0) is 6.61 Å². The average Bonchev–Trinajstić information content (AvgIpc) is 3.06. The van der Waals surface area contributed by atoms with Crippen LogP contribution in [0.25, 0.3) is 0 Å². The molecular formula is C22H26N2O. The SMILES string of the molecule is CC(C)(C)N1C[C@@H](C#N)[C@H](c2ccc(OCc3ccccc3)cc2)C1. The number of ether oxygens (including phenoxy) is 1. The van der Waals surface area contributed by atoms with E-state index in [0.29, 0.717) is 6.61 Å². The second-order valence-corrected chi connectivity index (χ2v) is 7.76.